The molecule has 3 amide bonds. The molecule has 1 fully saturated rings. The molecule has 1 saturated carbocycles. The van der Waals surface area contributed by atoms with Gasteiger partial charge in [-0.2, -0.15) is 0 Å². The zero-order valence-corrected chi connectivity index (χ0v) is 20.1. The van der Waals surface area contributed by atoms with E-state index in [-0.39, 0.29) is 47.0 Å². The van der Waals surface area contributed by atoms with E-state index in [4.69, 9.17) is 9.47 Å². The van der Waals surface area contributed by atoms with Crippen molar-refractivity contribution in [2.24, 2.45) is 5.92 Å². The highest BCUT2D eigenvalue weighted by Crippen LogP contribution is 2.39. The van der Waals surface area contributed by atoms with Gasteiger partial charge in [-0.1, -0.05) is 0 Å². The highest BCUT2D eigenvalue weighted by atomic mass is 32.2. The van der Waals surface area contributed by atoms with Crippen LogP contribution in [0.2, 0.25) is 0 Å². The maximum atomic E-state index is 14.8. The van der Waals surface area contributed by atoms with Crippen molar-refractivity contribution in [3.05, 3.63) is 46.9 Å². The number of rotatable bonds is 9. The maximum absolute atomic E-state index is 14.8. The van der Waals surface area contributed by atoms with E-state index in [0.717, 1.165) is 12.3 Å². The molecule has 0 bridgehead atoms. The summed E-state index contributed by atoms with van der Waals surface area (Å²) >= 11 is 0. The molecule has 1 aliphatic carbocycles. The van der Waals surface area contributed by atoms with Crippen LogP contribution in [0.3, 0.4) is 0 Å². The number of ether oxygens (including phenoxy) is 2. The number of nitrogens with zero attached hydrogens (tertiary/aromatic N) is 2. The first-order valence-corrected chi connectivity index (χ1v) is 13.0. The number of nitrogens with one attached hydrogen (secondary N) is 1. The molecule has 1 unspecified atom stereocenters. The molecule has 35 heavy (non-hydrogen) atoms. The maximum Gasteiger partial charge on any atom is 0.265 e. The molecule has 2 aliphatic rings. The summed E-state index contributed by atoms with van der Waals surface area (Å²) in [5.74, 6) is -3.77. The van der Waals surface area contributed by atoms with E-state index in [9.17, 15) is 27.2 Å². The Labute approximate surface area is 201 Å². The largest absolute Gasteiger partial charge is 0.491 e. The number of amides is 3. The van der Waals surface area contributed by atoms with Crippen molar-refractivity contribution in [3.8, 4) is 11.6 Å². The number of aromatic nitrogens is 1. The van der Waals surface area contributed by atoms with E-state index in [2.05, 4.69) is 10.3 Å². The van der Waals surface area contributed by atoms with Crippen molar-refractivity contribution in [1.29, 1.82) is 0 Å². The van der Waals surface area contributed by atoms with Crippen molar-refractivity contribution in [3.63, 3.8) is 0 Å². The van der Waals surface area contributed by atoms with Gasteiger partial charge in [-0.15, -0.1) is 0 Å². The fourth-order valence-corrected chi connectivity index (χ4v) is 4.80. The van der Waals surface area contributed by atoms with Gasteiger partial charge in [0, 0.05) is 12.2 Å². The third kappa shape index (κ3) is 4.83. The fraction of sp³-hybridized carbons (Fsp3) is 0.391. The van der Waals surface area contributed by atoms with Gasteiger partial charge in [0.15, 0.2) is 5.75 Å². The molecule has 1 aliphatic heterocycles. The van der Waals surface area contributed by atoms with Crippen LogP contribution in [0.25, 0.3) is 0 Å². The highest BCUT2D eigenvalue weighted by molar-refractivity contribution is 7.90. The Hall–Kier alpha value is -3.54. The third-order valence-electron chi connectivity index (χ3n) is 5.69. The monoisotopic (exact) mass is 505 g/mol. The van der Waals surface area contributed by atoms with Crippen molar-refractivity contribution in [2.45, 2.75) is 25.8 Å². The Kier molecular flexibility index (Phi) is 6.50. The zero-order valence-electron chi connectivity index (χ0n) is 19.3. The van der Waals surface area contributed by atoms with Gasteiger partial charge in [-0.25, -0.2) is 17.8 Å². The van der Waals surface area contributed by atoms with Crippen LogP contribution in [-0.2, 0) is 14.6 Å². The van der Waals surface area contributed by atoms with E-state index in [1.165, 1.54) is 25.3 Å². The molecule has 1 N–H and O–H groups in total. The topological polar surface area (TPSA) is 132 Å². The number of hydrogen-bond donors (Lipinski definition) is 1. The fourth-order valence-electron chi connectivity index (χ4n) is 3.91. The van der Waals surface area contributed by atoms with Gasteiger partial charge in [0.05, 0.1) is 48.0 Å². The molecule has 10 nitrogen and oxygen atoms in total. The van der Waals surface area contributed by atoms with Crippen LogP contribution >= 0.6 is 0 Å². The predicted octanol–water partition coefficient (Wildman–Crippen LogP) is 2.36. The first-order chi connectivity index (χ1) is 16.6. The van der Waals surface area contributed by atoms with Gasteiger partial charge in [0.1, 0.15) is 15.7 Å². The molecule has 2 aromatic rings. The summed E-state index contributed by atoms with van der Waals surface area (Å²) in [6.07, 6.45) is 2.36. The first kappa shape index (κ1) is 24.6. The zero-order chi connectivity index (χ0) is 25.5. The molecule has 1 aromatic carbocycles. The minimum atomic E-state index is -3.75. The molecule has 1 atom stereocenters. The lowest BCUT2D eigenvalue weighted by Gasteiger charge is -2.26. The summed E-state index contributed by atoms with van der Waals surface area (Å²) in [5, 5.41) is 2.60. The molecular formula is C23H24FN3O7S. The Balaban J connectivity index is 1.80. The lowest BCUT2D eigenvalue weighted by Crippen LogP contribution is -2.38. The van der Waals surface area contributed by atoms with Gasteiger partial charge < -0.3 is 14.8 Å². The molecular weight excluding hydrogens is 481 g/mol. The van der Waals surface area contributed by atoms with Gasteiger partial charge in [0.2, 0.25) is 5.91 Å². The normalized spacial score (nSPS) is 16.2. The minimum Gasteiger partial charge on any atom is -0.491 e. The highest BCUT2D eigenvalue weighted by Gasteiger charge is 2.46. The van der Waals surface area contributed by atoms with E-state index >= 15 is 0 Å². The number of methoxy groups -OCH3 is 1. The molecule has 0 spiro atoms. The summed E-state index contributed by atoms with van der Waals surface area (Å²) in [7, 11) is -2.35. The van der Waals surface area contributed by atoms with Crippen LogP contribution in [-0.4, -0.2) is 61.7 Å². The number of imide groups is 1. The van der Waals surface area contributed by atoms with Crippen molar-refractivity contribution < 1.29 is 36.7 Å². The van der Waals surface area contributed by atoms with Gasteiger partial charge in [-0.05, 0) is 44.0 Å². The first-order valence-electron chi connectivity index (χ1n) is 10.9. The second kappa shape index (κ2) is 9.25. The van der Waals surface area contributed by atoms with Crippen LogP contribution in [0.4, 0.5) is 10.1 Å². The molecule has 12 heteroatoms. The standard InChI is InChI=1S/C23H24FN3O7S/c1-4-34-21-17(33-2)10-9-14(26-21)16(11-35(3,31)32)27-22(29)18-13(24)7-8-15(19(18)23(27)30)25-20(28)12-5-6-12/h7-10,12,16H,4-6,11H2,1-3H3,(H,25,28). The SMILES string of the molecule is CCOc1nc(C(CS(C)(=O)=O)N2C(=O)c3c(F)ccc(NC(=O)C4CC4)c3C2=O)ccc1OC. The number of hydrogen-bond acceptors (Lipinski definition) is 8. The van der Waals surface area contributed by atoms with E-state index in [1.807, 2.05) is 0 Å². The number of halogens is 1. The summed E-state index contributed by atoms with van der Waals surface area (Å²) < 4.78 is 50.0. The lowest BCUT2D eigenvalue weighted by atomic mass is 10.1. The number of pyridine rings is 1. The average molecular weight is 506 g/mol. The van der Waals surface area contributed by atoms with Gasteiger partial charge >= 0.3 is 0 Å². The molecule has 186 valence electrons. The molecule has 2 heterocycles. The summed E-state index contributed by atoms with van der Waals surface area (Å²) in [5.41, 5.74) is -0.810. The molecule has 1 aromatic heterocycles. The third-order valence-corrected chi connectivity index (χ3v) is 6.61. The van der Waals surface area contributed by atoms with E-state index < -0.39 is 44.8 Å². The predicted molar refractivity (Wildman–Crippen MR) is 123 cm³/mol. The van der Waals surface area contributed by atoms with Gasteiger partial charge in [-0.3, -0.25) is 19.3 Å². The van der Waals surface area contributed by atoms with E-state index in [1.54, 1.807) is 6.92 Å². The number of carbonyl (C=O) groups is 3. The van der Waals surface area contributed by atoms with Crippen LogP contribution in [0.5, 0.6) is 11.6 Å². The van der Waals surface area contributed by atoms with Crippen LogP contribution in [0.15, 0.2) is 24.3 Å². The molecule has 0 radical (unpaired) electrons. The van der Waals surface area contributed by atoms with Crippen LogP contribution in [0, 0.1) is 11.7 Å². The van der Waals surface area contributed by atoms with Crippen molar-refractivity contribution >= 4 is 33.2 Å². The Morgan fingerprint density at radius 2 is 1.89 bits per heavy atom. The summed E-state index contributed by atoms with van der Waals surface area (Å²) in [6.45, 7) is 1.94. The lowest BCUT2D eigenvalue weighted by molar-refractivity contribution is -0.117. The second-order valence-corrected chi connectivity index (χ2v) is 10.6. The summed E-state index contributed by atoms with van der Waals surface area (Å²) in [6, 6.07) is 3.71. The van der Waals surface area contributed by atoms with Crippen molar-refractivity contribution in [2.75, 3.05) is 31.0 Å². The Bertz CT molecular complexity index is 1320. The number of fused-ring (bicyclic) bond motifs is 1. The quantitative estimate of drug-likeness (QED) is 0.514. The van der Waals surface area contributed by atoms with Crippen LogP contribution in [0.1, 0.15) is 52.2 Å². The van der Waals surface area contributed by atoms with Gasteiger partial charge in [0.25, 0.3) is 17.7 Å². The van der Waals surface area contributed by atoms with E-state index in [0.29, 0.717) is 17.7 Å². The minimum absolute atomic E-state index is 0.00467. The van der Waals surface area contributed by atoms with Crippen LogP contribution < -0.4 is 14.8 Å². The molecule has 0 saturated heterocycles. The second-order valence-electron chi connectivity index (χ2n) is 8.37. The Morgan fingerprint density at radius 3 is 2.49 bits per heavy atom. The number of anilines is 1. The molecule has 4 rings (SSSR count). The number of carbonyl (C=O) groups excluding carboxylic acids is 3. The number of sulfone groups is 1. The van der Waals surface area contributed by atoms with Crippen molar-refractivity contribution in [1.82, 2.24) is 9.88 Å². The smallest absolute Gasteiger partial charge is 0.265 e. The summed E-state index contributed by atoms with van der Waals surface area (Å²) in [4.78, 5) is 44.1. The average Bonchev–Trinajstić information content (AvgIpc) is 3.60. The number of benzene rings is 1. The Morgan fingerprint density at radius 1 is 1.20 bits per heavy atom.